The molecule has 4 rings (SSSR count). The number of hydrazine groups is 1. The van der Waals surface area contributed by atoms with Crippen LogP contribution < -0.4 is 20.9 Å². The van der Waals surface area contributed by atoms with E-state index in [0.717, 1.165) is 5.56 Å². The van der Waals surface area contributed by atoms with Crippen molar-refractivity contribution in [3.63, 3.8) is 0 Å². The third-order valence-corrected chi connectivity index (χ3v) is 8.15. The maximum atomic E-state index is 12.9. The molecule has 0 spiro atoms. The average molecular weight is 479 g/mol. The van der Waals surface area contributed by atoms with Crippen LogP contribution in [0.5, 0.6) is 5.75 Å². The van der Waals surface area contributed by atoms with Gasteiger partial charge in [0.2, 0.25) is 15.9 Å². The summed E-state index contributed by atoms with van der Waals surface area (Å²) in [6.45, 7) is 0.728. The van der Waals surface area contributed by atoms with E-state index in [2.05, 4.69) is 16.2 Å². The first-order valence-electron chi connectivity index (χ1n) is 10.6. The first-order valence-corrected chi connectivity index (χ1v) is 12.4. The van der Waals surface area contributed by atoms with Crippen molar-refractivity contribution in [2.45, 2.75) is 42.3 Å². The number of hydrogen-bond acceptors (Lipinski definition) is 6. The standard InChI is InChI=1S/C22H27ClN4O4S/c1-31-18-6-8-19(9-7-18)32(29,30)27-12-10-17(11-13-27)24-22(28)21-14-20(25-26-21)15-2-4-16(23)5-3-15/h2-9,17,20-21,25-26H,10-14H2,1H3,(H,24,28). The summed E-state index contributed by atoms with van der Waals surface area (Å²) < 4.78 is 32.3. The third kappa shape index (κ3) is 5.07. The van der Waals surface area contributed by atoms with Gasteiger partial charge < -0.3 is 10.1 Å². The molecule has 2 unspecified atom stereocenters. The first kappa shape index (κ1) is 23.0. The number of sulfonamides is 1. The van der Waals surface area contributed by atoms with Crippen LogP contribution in [0.1, 0.15) is 30.9 Å². The van der Waals surface area contributed by atoms with E-state index in [1.807, 2.05) is 24.3 Å². The molecule has 0 aliphatic carbocycles. The Morgan fingerprint density at radius 1 is 1.06 bits per heavy atom. The molecule has 2 atom stereocenters. The summed E-state index contributed by atoms with van der Waals surface area (Å²) >= 11 is 5.95. The number of benzene rings is 2. The molecule has 3 N–H and O–H groups in total. The van der Waals surface area contributed by atoms with E-state index in [4.69, 9.17) is 16.3 Å². The molecule has 32 heavy (non-hydrogen) atoms. The van der Waals surface area contributed by atoms with Gasteiger partial charge in [0.15, 0.2) is 0 Å². The quantitative estimate of drug-likeness (QED) is 0.588. The average Bonchev–Trinajstić information content (AvgIpc) is 3.30. The SMILES string of the molecule is COc1ccc(S(=O)(=O)N2CCC(NC(=O)C3CC(c4ccc(Cl)cc4)NN3)CC2)cc1. The topological polar surface area (TPSA) is 99.8 Å². The zero-order valence-corrected chi connectivity index (χ0v) is 19.3. The van der Waals surface area contributed by atoms with Gasteiger partial charge in [0.1, 0.15) is 11.8 Å². The van der Waals surface area contributed by atoms with Crippen molar-refractivity contribution in [2.24, 2.45) is 0 Å². The predicted molar refractivity (Wildman–Crippen MR) is 122 cm³/mol. The van der Waals surface area contributed by atoms with E-state index in [0.29, 0.717) is 43.1 Å². The number of methoxy groups -OCH3 is 1. The number of carbonyl (C=O) groups is 1. The fourth-order valence-electron chi connectivity index (χ4n) is 4.08. The van der Waals surface area contributed by atoms with Gasteiger partial charge in [-0.25, -0.2) is 19.3 Å². The Kier molecular flexibility index (Phi) is 7.02. The zero-order valence-electron chi connectivity index (χ0n) is 17.8. The van der Waals surface area contributed by atoms with Gasteiger partial charge >= 0.3 is 0 Å². The van der Waals surface area contributed by atoms with Crippen LogP contribution in [-0.4, -0.2) is 50.9 Å². The predicted octanol–water partition coefficient (Wildman–Crippen LogP) is 2.23. The van der Waals surface area contributed by atoms with Crippen molar-refractivity contribution in [3.05, 3.63) is 59.1 Å². The lowest BCUT2D eigenvalue weighted by molar-refractivity contribution is -0.123. The van der Waals surface area contributed by atoms with Crippen LogP contribution in [0.25, 0.3) is 0 Å². The summed E-state index contributed by atoms with van der Waals surface area (Å²) in [4.78, 5) is 13.0. The van der Waals surface area contributed by atoms with Crippen LogP contribution in [0.3, 0.4) is 0 Å². The molecule has 2 heterocycles. The fourth-order valence-corrected chi connectivity index (χ4v) is 5.68. The number of nitrogens with zero attached hydrogens (tertiary/aromatic N) is 1. The van der Waals surface area contributed by atoms with Gasteiger partial charge in [-0.15, -0.1) is 0 Å². The summed E-state index contributed by atoms with van der Waals surface area (Å²) in [7, 11) is -2.02. The normalized spacial score (nSPS) is 22.6. The molecule has 0 radical (unpaired) electrons. The second-order valence-electron chi connectivity index (χ2n) is 8.04. The highest BCUT2D eigenvalue weighted by atomic mass is 35.5. The molecule has 1 amide bonds. The number of carbonyl (C=O) groups excluding carboxylic acids is 1. The first-order chi connectivity index (χ1) is 15.4. The second kappa shape index (κ2) is 9.76. The number of amides is 1. The molecule has 172 valence electrons. The Bertz CT molecular complexity index is 1040. The minimum absolute atomic E-state index is 0.0273. The minimum Gasteiger partial charge on any atom is -0.497 e. The van der Waals surface area contributed by atoms with Gasteiger partial charge in [-0.1, -0.05) is 23.7 Å². The molecule has 10 heteroatoms. The molecule has 2 aromatic rings. The van der Waals surface area contributed by atoms with Gasteiger partial charge in [-0.2, -0.15) is 4.31 Å². The molecule has 0 saturated carbocycles. The molecular formula is C22H27ClN4O4S. The van der Waals surface area contributed by atoms with Gasteiger partial charge in [0.25, 0.3) is 0 Å². The number of ether oxygens (including phenoxy) is 1. The van der Waals surface area contributed by atoms with Crippen molar-refractivity contribution in [3.8, 4) is 5.75 Å². The Hall–Kier alpha value is -2.17. The van der Waals surface area contributed by atoms with Crippen molar-refractivity contribution in [1.29, 1.82) is 0 Å². The summed E-state index contributed by atoms with van der Waals surface area (Å²) in [6, 6.07) is 13.6. The maximum absolute atomic E-state index is 12.9. The largest absolute Gasteiger partial charge is 0.497 e. The number of nitrogens with one attached hydrogen (secondary N) is 3. The van der Waals surface area contributed by atoms with E-state index in [9.17, 15) is 13.2 Å². The lowest BCUT2D eigenvalue weighted by Crippen LogP contribution is -2.51. The Morgan fingerprint density at radius 2 is 1.72 bits per heavy atom. The summed E-state index contributed by atoms with van der Waals surface area (Å²) in [5, 5.41) is 3.74. The molecule has 2 aliphatic rings. The van der Waals surface area contributed by atoms with Crippen molar-refractivity contribution >= 4 is 27.5 Å². The molecule has 0 bridgehead atoms. The van der Waals surface area contributed by atoms with Crippen molar-refractivity contribution < 1.29 is 17.9 Å². The Morgan fingerprint density at radius 3 is 2.34 bits per heavy atom. The number of piperidine rings is 1. The highest BCUT2D eigenvalue weighted by Crippen LogP contribution is 2.25. The Labute approximate surface area is 193 Å². The van der Waals surface area contributed by atoms with Crippen LogP contribution in [-0.2, 0) is 14.8 Å². The van der Waals surface area contributed by atoms with E-state index in [1.165, 1.54) is 11.4 Å². The van der Waals surface area contributed by atoms with Crippen molar-refractivity contribution in [2.75, 3.05) is 20.2 Å². The number of halogens is 1. The monoisotopic (exact) mass is 478 g/mol. The van der Waals surface area contributed by atoms with E-state index in [-0.39, 0.29) is 28.9 Å². The molecule has 8 nitrogen and oxygen atoms in total. The summed E-state index contributed by atoms with van der Waals surface area (Å²) in [5.41, 5.74) is 7.29. The van der Waals surface area contributed by atoms with Crippen molar-refractivity contribution in [1.82, 2.24) is 20.5 Å². The summed E-state index contributed by atoms with van der Waals surface area (Å²) in [6.07, 6.45) is 1.77. The fraction of sp³-hybridized carbons (Fsp3) is 0.409. The van der Waals surface area contributed by atoms with Crippen LogP contribution in [0.4, 0.5) is 0 Å². The highest BCUT2D eigenvalue weighted by molar-refractivity contribution is 7.89. The zero-order chi connectivity index (χ0) is 22.7. The summed E-state index contributed by atoms with van der Waals surface area (Å²) in [5.74, 6) is 0.532. The lowest BCUT2D eigenvalue weighted by atomic mass is 10.0. The van der Waals surface area contributed by atoms with Gasteiger partial charge in [-0.3, -0.25) is 4.79 Å². The van der Waals surface area contributed by atoms with Crippen LogP contribution >= 0.6 is 11.6 Å². The van der Waals surface area contributed by atoms with E-state index in [1.54, 1.807) is 24.3 Å². The number of rotatable bonds is 6. The van der Waals surface area contributed by atoms with Crippen LogP contribution in [0.2, 0.25) is 5.02 Å². The number of hydrogen-bond donors (Lipinski definition) is 3. The van der Waals surface area contributed by atoms with E-state index >= 15 is 0 Å². The minimum atomic E-state index is -3.56. The van der Waals surface area contributed by atoms with Crippen LogP contribution in [0, 0.1) is 0 Å². The molecule has 0 aromatic heterocycles. The molecule has 2 aliphatic heterocycles. The molecule has 2 fully saturated rings. The third-order valence-electron chi connectivity index (χ3n) is 5.99. The van der Waals surface area contributed by atoms with Gasteiger partial charge in [0, 0.05) is 30.2 Å². The van der Waals surface area contributed by atoms with Gasteiger partial charge in [-0.05, 0) is 61.2 Å². The molecule has 2 aromatic carbocycles. The van der Waals surface area contributed by atoms with E-state index < -0.39 is 10.0 Å². The smallest absolute Gasteiger partial charge is 0.243 e. The molecule has 2 saturated heterocycles. The van der Waals surface area contributed by atoms with Gasteiger partial charge in [0.05, 0.1) is 12.0 Å². The molecular weight excluding hydrogens is 452 g/mol. The lowest BCUT2D eigenvalue weighted by Gasteiger charge is -2.32. The maximum Gasteiger partial charge on any atom is 0.243 e. The van der Waals surface area contributed by atoms with Crippen LogP contribution in [0.15, 0.2) is 53.4 Å². The highest BCUT2D eigenvalue weighted by Gasteiger charge is 2.34. The Balaban J connectivity index is 1.28. The second-order valence-corrected chi connectivity index (χ2v) is 10.4.